The SMILES string of the molecule is C[C@@H]1CSc2ccc(S(=O)(=O)N3CCN(c4ccc([N+](=O)[O-])cc4)CC3)cc2NC1=O. The van der Waals surface area contributed by atoms with Crippen LogP contribution >= 0.6 is 11.8 Å². The van der Waals surface area contributed by atoms with Crippen LogP contribution in [-0.4, -0.2) is 55.5 Å². The summed E-state index contributed by atoms with van der Waals surface area (Å²) in [6.45, 7) is 3.40. The van der Waals surface area contributed by atoms with Gasteiger partial charge in [-0.2, -0.15) is 4.31 Å². The molecule has 2 heterocycles. The van der Waals surface area contributed by atoms with Gasteiger partial charge in [-0.15, -0.1) is 11.8 Å². The molecule has 2 aromatic rings. The van der Waals surface area contributed by atoms with Gasteiger partial charge in [-0.05, 0) is 30.3 Å². The maximum Gasteiger partial charge on any atom is 0.269 e. The second-order valence-corrected chi connectivity index (χ2v) is 10.5. The quantitative estimate of drug-likeness (QED) is 0.549. The number of fused-ring (bicyclic) bond motifs is 1. The molecule has 2 aromatic carbocycles. The molecule has 1 fully saturated rings. The molecule has 31 heavy (non-hydrogen) atoms. The van der Waals surface area contributed by atoms with Crippen LogP contribution in [0.3, 0.4) is 0 Å². The number of thioether (sulfide) groups is 1. The number of amides is 1. The molecule has 11 heteroatoms. The van der Waals surface area contributed by atoms with E-state index in [1.807, 2.05) is 11.8 Å². The van der Waals surface area contributed by atoms with Gasteiger partial charge in [0, 0.05) is 60.6 Å². The molecule has 1 saturated heterocycles. The zero-order valence-corrected chi connectivity index (χ0v) is 18.5. The van der Waals surface area contributed by atoms with E-state index in [4.69, 9.17) is 0 Å². The maximum absolute atomic E-state index is 13.2. The maximum atomic E-state index is 13.2. The Hall–Kier alpha value is -2.63. The fourth-order valence-corrected chi connectivity index (χ4v) is 6.02. The number of nitro benzene ring substituents is 1. The fourth-order valence-electron chi connectivity index (χ4n) is 3.56. The number of benzene rings is 2. The van der Waals surface area contributed by atoms with E-state index in [1.165, 1.54) is 34.3 Å². The van der Waals surface area contributed by atoms with Crippen LogP contribution in [0.25, 0.3) is 0 Å². The average molecular weight is 463 g/mol. The highest BCUT2D eigenvalue weighted by atomic mass is 32.2. The number of hydrogen-bond donors (Lipinski definition) is 1. The molecular weight excluding hydrogens is 440 g/mol. The molecule has 2 aliphatic rings. The number of non-ortho nitro benzene ring substituents is 1. The normalized spacial score (nSPS) is 20.0. The lowest BCUT2D eigenvalue weighted by Gasteiger charge is -2.35. The monoisotopic (exact) mass is 462 g/mol. The highest BCUT2D eigenvalue weighted by Crippen LogP contribution is 2.35. The van der Waals surface area contributed by atoms with Crippen molar-refractivity contribution in [1.29, 1.82) is 0 Å². The molecule has 0 spiro atoms. The Bertz CT molecular complexity index is 1110. The van der Waals surface area contributed by atoms with Crippen LogP contribution in [0.1, 0.15) is 6.92 Å². The smallest absolute Gasteiger partial charge is 0.269 e. The van der Waals surface area contributed by atoms with Crippen LogP contribution in [0.15, 0.2) is 52.3 Å². The molecular formula is C20H22N4O5S2. The third-order valence-electron chi connectivity index (χ3n) is 5.45. The molecule has 0 radical (unpaired) electrons. The van der Waals surface area contributed by atoms with Crippen molar-refractivity contribution in [2.24, 2.45) is 5.92 Å². The van der Waals surface area contributed by atoms with Gasteiger partial charge >= 0.3 is 0 Å². The summed E-state index contributed by atoms with van der Waals surface area (Å²) < 4.78 is 27.8. The number of sulfonamides is 1. The first-order valence-electron chi connectivity index (χ1n) is 9.83. The number of nitrogens with one attached hydrogen (secondary N) is 1. The molecule has 4 rings (SSSR count). The summed E-state index contributed by atoms with van der Waals surface area (Å²) in [7, 11) is -3.71. The number of carbonyl (C=O) groups excluding carboxylic acids is 1. The van der Waals surface area contributed by atoms with Crippen molar-refractivity contribution < 1.29 is 18.1 Å². The Morgan fingerprint density at radius 1 is 1.10 bits per heavy atom. The van der Waals surface area contributed by atoms with Crippen molar-refractivity contribution >= 4 is 44.8 Å². The Labute approximate surface area is 184 Å². The third-order valence-corrected chi connectivity index (χ3v) is 8.68. The van der Waals surface area contributed by atoms with E-state index in [2.05, 4.69) is 5.32 Å². The third kappa shape index (κ3) is 4.39. The number of hydrogen-bond acceptors (Lipinski definition) is 7. The first-order chi connectivity index (χ1) is 14.8. The summed E-state index contributed by atoms with van der Waals surface area (Å²) in [5.74, 6) is 0.387. The Morgan fingerprint density at radius 2 is 1.77 bits per heavy atom. The van der Waals surface area contributed by atoms with Gasteiger partial charge in [0.15, 0.2) is 0 Å². The van der Waals surface area contributed by atoms with Crippen molar-refractivity contribution in [2.45, 2.75) is 16.7 Å². The van der Waals surface area contributed by atoms with Crippen LogP contribution < -0.4 is 10.2 Å². The van der Waals surface area contributed by atoms with E-state index < -0.39 is 14.9 Å². The van der Waals surface area contributed by atoms with E-state index >= 15 is 0 Å². The molecule has 1 N–H and O–H groups in total. The second kappa shape index (κ2) is 8.48. The summed E-state index contributed by atoms with van der Waals surface area (Å²) >= 11 is 1.54. The molecule has 1 atom stereocenters. The van der Waals surface area contributed by atoms with Gasteiger partial charge in [0.05, 0.1) is 15.5 Å². The van der Waals surface area contributed by atoms with Gasteiger partial charge < -0.3 is 10.2 Å². The largest absolute Gasteiger partial charge is 0.369 e. The summed E-state index contributed by atoms with van der Waals surface area (Å²) in [6, 6.07) is 11.1. The summed E-state index contributed by atoms with van der Waals surface area (Å²) in [6.07, 6.45) is 0. The molecule has 0 aromatic heterocycles. The summed E-state index contributed by atoms with van der Waals surface area (Å²) in [4.78, 5) is 25.5. The second-order valence-electron chi connectivity index (χ2n) is 7.52. The lowest BCUT2D eigenvalue weighted by atomic mass is 10.2. The van der Waals surface area contributed by atoms with Gasteiger partial charge in [-0.3, -0.25) is 14.9 Å². The Balaban J connectivity index is 1.47. The Kier molecular flexibility index (Phi) is 5.91. The number of nitro groups is 1. The highest BCUT2D eigenvalue weighted by molar-refractivity contribution is 7.99. The van der Waals surface area contributed by atoms with Gasteiger partial charge in [0.1, 0.15) is 0 Å². The number of nitrogens with zero attached hydrogens (tertiary/aromatic N) is 3. The molecule has 0 bridgehead atoms. The molecule has 9 nitrogen and oxygen atoms in total. The van der Waals surface area contributed by atoms with Gasteiger partial charge in [0.2, 0.25) is 15.9 Å². The minimum atomic E-state index is -3.71. The number of rotatable bonds is 4. The van der Waals surface area contributed by atoms with Crippen molar-refractivity contribution in [3.8, 4) is 0 Å². The summed E-state index contributed by atoms with van der Waals surface area (Å²) in [5, 5.41) is 13.6. The van der Waals surface area contributed by atoms with E-state index in [-0.39, 0.29) is 22.4 Å². The van der Waals surface area contributed by atoms with Gasteiger partial charge in [-0.25, -0.2) is 8.42 Å². The lowest BCUT2D eigenvalue weighted by molar-refractivity contribution is -0.384. The molecule has 164 valence electrons. The standard InChI is InChI=1S/C20H22N4O5S2/c1-14-13-30-19-7-6-17(12-18(19)21-20(14)25)31(28,29)23-10-8-22(9-11-23)15-2-4-16(5-3-15)24(26)27/h2-7,12,14H,8-11,13H2,1H3,(H,21,25)/t14-/m1/s1. The molecule has 1 amide bonds. The van der Waals surface area contributed by atoms with Crippen molar-refractivity contribution in [1.82, 2.24) is 4.31 Å². The van der Waals surface area contributed by atoms with Crippen LogP contribution in [0.4, 0.5) is 17.1 Å². The number of anilines is 2. The Morgan fingerprint density at radius 3 is 2.42 bits per heavy atom. The van der Waals surface area contributed by atoms with E-state index in [0.717, 1.165) is 10.6 Å². The van der Waals surface area contributed by atoms with Crippen molar-refractivity contribution in [3.63, 3.8) is 0 Å². The van der Waals surface area contributed by atoms with Crippen molar-refractivity contribution in [3.05, 3.63) is 52.6 Å². The molecule has 2 aliphatic heterocycles. The number of carbonyl (C=O) groups is 1. The molecule has 0 unspecified atom stereocenters. The first-order valence-corrected chi connectivity index (χ1v) is 12.3. The van der Waals surface area contributed by atoms with E-state index in [1.54, 1.807) is 24.3 Å². The number of piperazine rings is 1. The van der Waals surface area contributed by atoms with Crippen LogP contribution in [0, 0.1) is 16.0 Å². The minimum Gasteiger partial charge on any atom is -0.369 e. The molecule has 0 saturated carbocycles. The lowest BCUT2D eigenvalue weighted by Crippen LogP contribution is -2.48. The van der Waals surface area contributed by atoms with Crippen molar-refractivity contribution in [2.75, 3.05) is 42.1 Å². The summed E-state index contributed by atoms with van der Waals surface area (Å²) in [5.41, 5.74) is 1.37. The topological polar surface area (TPSA) is 113 Å². The minimum absolute atomic E-state index is 0.0211. The van der Waals surface area contributed by atoms with Crippen LogP contribution in [-0.2, 0) is 14.8 Å². The molecule has 0 aliphatic carbocycles. The predicted molar refractivity (Wildman–Crippen MR) is 119 cm³/mol. The zero-order valence-electron chi connectivity index (χ0n) is 16.9. The zero-order chi connectivity index (χ0) is 22.2. The van der Waals surface area contributed by atoms with Crippen LogP contribution in [0.5, 0.6) is 0 Å². The fraction of sp³-hybridized carbons (Fsp3) is 0.350. The van der Waals surface area contributed by atoms with E-state index in [0.29, 0.717) is 37.6 Å². The van der Waals surface area contributed by atoms with E-state index in [9.17, 15) is 23.3 Å². The van der Waals surface area contributed by atoms with Crippen LogP contribution in [0.2, 0.25) is 0 Å². The van der Waals surface area contributed by atoms with Gasteiger partial charge in [-0.1, -0.05) is 6.92 Å². The predicted octanol–water partition coefficient (Wildman–Crippen LogP) is 2.79. The average Bonchev–Trinajstić information content (AvgIpc) is 2.91. The highest BCUT2D eigenvalue weighted by Gasteiger charge is 2.30. The first kappa shape index (κ1) is 21.6. The van der Waals surface area contributed by atoms with Gasteiger partial charge in [0.25, 0.3) is 5.69 Å².